The van der Waals surface area contributed by atoms with Gasteiger partial charge in [-0.3, -0.25) is 4.79 Å². The van der Waals surface area contributed by atoms with Gasteiger partial charge in [0.2, 0.25) is 5.91 Å². The Morgan fingerprint density at radius 3 is 2.59 bits per heavy atom. The molecule has 1 amide bonds. The molecule has 2 saturated carbocycles. The maximum absolute atomic E-state index is 12.2. The summed E-state index contributed by atoms with van der Waals surface area (Å²) >= 11 is 0. The predicted octanol–water partition coefficient (Wildman–Crippen LogP) is 2.20. The van der Waals surface area contributed by atoms with Gasteiger partial charge in [0.15, 0.2) is 0 Å². The van der Waals surface area contributed by atoms with Crippen molar-refractivity contribution in [2.45, 2.75) is 70.4 Å². The number of amides is 1. The fourth-order valence-electron chi connectivity index (χ4n) is 3.26. The average molecular weight is 238 g/mol. The van der Waals surface area contributed by atoms with Gasteiger partial charge in [0.05, 0.1) is 0 Å². The molecule has 0 aliphatic heterocycles. The highest BCUT2D eigenvalue weighted by molar-refractivity contribution is 5.79. The maximum Gasteiger partial charge on any atom is 0.223 e. The summed E-state index contributed by atoms with van der Waals surface area (Å²) in [5.41, 5.74) is 5.87. The highest BCUT2D eigenvalue weighted by Gasteiger charge is 2.30. The molecule has 2 aliphatic carbocycles. The van der Waals surface area contributed by atoms with E-state index in [4.69, 9.17) is 5.73 Å². The number of carbonyl (C=O) groups excluding carboxylic acids is 1. The van der Waals surface area contributed by atoms with Crippen LogP contribution in [0, 0.1) is 11.8 Å². The Morgan fingerprint density at radius 2 is 1.88 bits per heavy atom. The van der Waals surface area contributed by atoms with Gasteiger partial charge in [-0.1, -0.05) is 26.2 Å². The molecule has 0 radical (unpaired) electrons. The van der Waals surface area contributed by atoms with Crippen LogP contribution in [0.3, 0.4) is 0 Å². The van der Waals surface area contributed by atoms with Gasteiger partial charge in [-0.25, -0.2) is 0 Å². The number of rotatable bonds is 2. The molecule has 0 spiro atoms. The Balaban J connectivity index is 1.84. The van der Waals surface area contributed by atoms with Crippen molar-refractivity contribution in [2.24, 2.45) is 17.6 Å². The van der Waals surface area contributed by atoms with Crippen molar-refractivity contribution in [3.63, 3.8) is 0 Å². The van der Waals surface area contributed by atoms with E-state index in [1.807, 2.05) is 0 Å². The van der Waals surface area contributed by atoms with Crippen LogP contribution in [0.5, 0.6) is 0 Å². The lowest BCUT2D eigenvalue weighted by molar-refractivity contribution is -0.125. The Bertz CT molecular complexity index is 267. The van der Waals surface area contributed by atoms with E-state index in [0.29, 0.717) is 12.0 Å². The second kappa shape index (κ2) is 5.85. The first kappa shape index (κ1) is 12.9. The summed E-state index contributed by atoms with van der Waals surface area (Å²) in [6.07, 6.45) is 9.20. The van der Waals surface area contributed by atoms with Crippen LogP contribution in [0.25, 0.3) is 0 Å². The van der Waals surface area contributed by atoms with Crippen molar-refractivity contribution in [3.8, 4) is 0 Å². The molecular weight excluding hydrogens is 212 g/mol. The topological polar surface area (TPSA) is 55.1 Å². The van der Waals surface area contributed by atoms with Crippen LogP contribution in [-0.2, 0) is 4.79 Å². The average Bonchev–Trinajstić information content (AvgIpc) is 2.63. The minimum absolute atomic E-state index is 0.181. The van der Waals surface area contributed by atoms with Crippen LogP contribution in [-0.4, -0.2) is 18.0 Å². The molecule has 0 saturated heterocycles. The lowest BCUT2D eigenvalue weighted by Gasteiger charge is -2.24. The second-order valence-corrected chi connectivity index (χ2v) is 6.00. The monoisotopic (exact) mass is 238 g/mol. The molecule has 98 valence electrons. The van der Waals surface area contributed by atoms with Crippen molar-refractivity contribution in [1.29, 1.82) is 0 Å². The quantitative estimate of drug-likeness (QED) is 0.725. The van der Waals surface area contributed by atoms with E-state index in [9.17, 15) is 4.79 Å². The van der Waals surface area contributed by atoms with Gasteiger partial charge >= 0.3 is 0 Å². The summed E-state index contributed by atoms with van der Waals surface area (Å²) < 4.78 is 0. The Kier molecular flexibility index (Phi) is 4.43. The SMILES string of the molecule is CC1CCCCCC1NC(=O)C1CCC(N)C1. The molecule has 0 heterocycles. The summed E-state index contributed by atoms with van der Waals surface area (Å²) in [5.74, 6) is 1.08. The molecular formula is C14H26N2O. The number of nitrogens with two attached hydrogens (primary N) is 1. The number of nitrogens with one attached hydrogen (secondary N) is 1. The fourth-order valence-corrected chi connectivity index (χ4v) is 3.26. The van der Waals surface area contributed by atoms with E-state index < -0.39 is 0 Å². The molecule has 2 fully saturated rings. The van der Waals surface area contributed by atoms with E-state index in [2.05, 4.69) is 12.2 Å². The van der Waals surface area contributed by atoms with E-state index in [-0.39, 0.29) is 17.9 Å². The van der Waals surface area contributed by atoms with Crippen molar-refractivity contribution < 1.29 is 4.79 Å². The van der Waals surface area contributed by atoms with Crippen LogP contribution in [0.4, 0.5) is 0 Å². The Morgan fingerprint density at radius 1 is 1.12 bits per heavy atom. The zero-order chi connectivity index (χ0) is 12.3. The van der Waals surface area contributed by atoms with Crippen molar-refractivity contribution in [1.82, 2.24) is 5.32 Å². The first-order valence-electron chi connectivity index (χ1n) is 7.22. The van der Waals surface area contributed by atoms with Crippen molar-refractivity contribution >= 4 is 5.91 Å². The van der Waals surface area contributed by atoms with Gasteiger partial charge in [0.25, 0.3) is 0 Å². The fraction of sp³-hybridized carbons (Fsp3) is 0.929. The van der Waals surface area contributed by atoms with Gasteiger partial charge in [-0.2, -0.15) is 0 Å². The maximum atomic E-state index is 12.2. The third-order valence-corrected chi connectivity index (χ3v) is 4.53. The Labute approximate surface area is 105 Å². The van der Waals surface area contributed by atoms with E-state index in [1.165, 1.54) is 25.7 Å². The van der Waals surface area contributed by atoms with Gasteiger partial charge in [-0.05, 0) is 38.0 Å². The Hall–Kier alpha value is -0.570. The lowest BCUT2D eigenvalue weighted by Crippen LogP contribution is -2.41. The molecule has 0 bridgehead atoms. The third kappa shape index (κ3) is 3.44. The molecule has 2 rings (SSSR count). The first-order valence-corrected chi connectivity index (χ1v) is 7.22. The largest absolute Gasteiger partial charge is 0.353 e. The smallest absolute Gasteiger partial charge is 0.223 e. The van der Waals surface area contributed by atoms with Gasteiger partial charge in [0.1, 0.15) is 0 Å². The first-order chi connectivity index (χ1) is 8.16. The molecule has 4 atom stereocenters. The molecule has 4 unspecified atom stereocenters. The van der Waals surface area contributed by atoms with Gasteiger partial charge in [0, 0.05) is 18.0 Å². The van der Waals surface area contributed by atoms with Crippen LogP contribution < -0.4 is 11.1 Å². The van der Waals surface area contributed by atoms with Crippen LogP contribution in [0.15, 0.2) is 0 Å². The molecule has 0 aromatic heterocycles. The summed E-state index contributed by atoms with van der Waals surface area (Å²) in [6.45, 7) is 2.27. The van der Waals surface area contributed by atoms with Crippen LogP contribution >= 0.6 is 0 Å². The van der Waals surface area contributed by atoms with Crippen LogP contribution in [0.1, 0.15) is 58.3 Å². The van der Waals surface area contributed by atoms with E-state index in [0.717, 1.165) is 25.7 Å². The predicted molar refractivity (Wildman–Crippen MR) is 69.5 cm³/mol. The minimum Gasteiger partial charge on any atom is -0.353 e. The zero-order valence-corrected chi connectivity index (χ0v) is 11.0. The summed E-state index contributed by atoms with van der Waals surface area (Å²) in [6, 6.07) is 0.652. The number of carbonyl (C=O) groups is 1. The van der Waals surface area contributed by atoms with E-state index in [1.54, 1.807) is 0 Å². The summed E-state index contributed by atoms with van der Waals surface area (Å²) in [7, 11) is 0. The van der Waals surface area contributed by atoms with E-state index >= 15 is 0 Å². The minimum atomic E-state index is 0.181. The lowest BCUT2D eigenvalue weighted by atomic mass is 9.96. The highest BCUT2D eigenvalue weighted by atomic mass is 16.1. The molecule has 17 heavy (non-hydrogen) atoms. The molecule has 3 heteroatoms. The number of hydrogen-bond donors (Lipinski definition) is 2. The molecule has 3 nitrogen and oxygen atoms in total. The molecule has 0 aromatic carbocycles. The van der Waals surface area contributed by atoms with Crippen LogP contribution in [0.2, 0.25) is 0 Å². The van der Waals surface area contributed by atoms with Crippen molar-refractivity contribution in [3.05, 3.63) is 0 Å². The second-order valence-electron chi connectivity index (χ2n) is 6.00. The highest BCUT2D eigenvalue weighted by Crippen LogP contribution is 2.27. The van der Waals surface area contributed by atoms with Gasteiger partial charge < -0.3 is 11.1 Å². The summed E-state index contributed by atoms with van der Waals surface area (Å²) in [4.78, 5) is 12.2. The summed E-state index contributed by atoms with van der Waals surface area (Å²) in [5, 5.41) is 3.28. The zero-order valence-electron chi connectivity index (χ0n) is 11.0. The standard InChI is InChI=1S/C14H26N2O/c1-10-5-3-2-4-6-13(10)16-14(17)11-7-8-12(15)9-11/h10-13H,2-9,15H2,1H3,(H,16,17). The van der Waals surface area contributed by atoms with Gasteiger partial charge in [-0.15, -0.1) is 0 Å². The van der Waals surface area contributed by atoms with Crippen molar-refractivity contribution in [2.75, 3.05) is 0 Å². The molecule has 0 aromatic rings. The number of hydrogen-bond acceptors (Lipinski definition) is 2. The molecule has 2 aliphatic rings. The third-order valence-electron chi connectivity index (χ3n) is 4.53. The molecule has 3 N–H and O–H groups in total. The normalized spacial score (nSPS) is 38.7.